The minimum atomic E-state index is 0.533. The standard InChI is InChI=1S/C8H10BrClN2/c9-7-5-12-8(10)4-6(7)2-1-3-11/h4-5H,1-3,11H2. The molecule has 0 saturated heterocycles. The van der Waals surface area contributed by atoms with Gasteiger partial charge in [-0.25, -0.2) is 4.98 Å². The van der Waals surface area contributed by atoms with Gasteiger partial charge in [0.25, 0.3) is 0 Å². The van der Waals surface area contributed by atoms with Crippen molar-refractivity contribution >= 4 is 27.5 Å². The SMILES string of the molecule is NCCCc1cc(Cl)ncc1Br. The van der Waals surface area contributed by atoms with Gasteiger partial charge in [-0.05, 0) is 46.9 Å². The number of rotatable bonds is 3. The predicted octanol–water partition coefficient (Wildman–Crippen LogP) is 2.39. The molecule has 1 aromatic rings. The topological polar surface area (TPSA) is 38.9 Å². The fourth-order valence-corrected chi connectivity index (χ4v) is 1.53. The van der Waals surface area contributed by atoms with Crippen LogP contribution in [-0.2, 0) is 6.42 Å². The second kappa shape index (κ2) is 4.80. The Morgan fingerprint density at radius 1 is 1.58 bits per heavy atom. The number of hydrogen-bond donors (Lipinski definition) is 1. The summed E-state index contributed by atoms with van der Waals surface area (Å²) in [6, 6.07) is 1.86. The maximum atomic E-state index is 5.73. The van der Waals surface area contributed by atoms with Crippen LogP contribution >= 0.6 is 27.5 Å². The molecule has 0 aliphatic rings. The molecule has 4 heteroatoms. The monoisotopic (exact) mass is 248 g/mol. The molecule has 2 N–H and O–H groups in total. The van der Waals surface area contributed by atoms with Crippen LogP contribution in [0.5, 0.6) is 0 Å². The van der Waals surface area contributed by atoms with Crippen LogP contribution < -0.4 is 5.73 Å². The minimum absolute atomic E-state index is 0.533. The van der Waals surface area contributed by atoms with Crippen molar-refractivity contribution in [3.05, 3.63) is 27.5 Å². The Morgan fingerprint density at radius 3 is 3.00 bits per heavy atom. The molecule has 0 fully saturated rings. The molecule has 12 heavy (non-hydrogen) atoms. The average Bonchev–Trinajstić information content (AvgIpc) is 2.07. The first-order valence-electron chi connectivity index (χ1n) is 3.74. The summed E-state index contributed by atoms with van der Waals surface area (Å²) in [4.78, 5) is 3.93. The number of nitrogens with two attached hydrogens (primary N) is 1. The lowest BCUT2D eigenvalue weighted by atomic mass is 10.1. The molecule has 1 rings (SSSR count). The molecule has 0 unspecified atom stereocenters. The molecule has 66 valence electrons. The van der Waals surface area contributed by atoms with Crippen LogP contribution in [0.2, 0.25) is 5.15 Å². The fraction of sp³-hybridized carbons (Fsp3) is 0.375. The van der Waals surface area contributed by atoms with Crippen molar-refractivity contribution in [2.24, 2.45) is 5.73 Å². The van der Waals surface area contributed by atoms with Gasteiger partial charge in [-0.2, -0.15) is 0 Å². The van der Waals surface area contributed by atoms with Gasteiger partial charge < -0.3 is 5.73 Å². The Balaban J connectivity index is 2.75. The van der Waals surface area contributed by atoms with Crippen molar-refractivity contribution in [2.45, 2.75) is 12.8 Å². The molecule has 1 heterocycles. The van der Waals surface area contributed by atoms with Crippen LogP contribution in [0, 0.1) is 0 Å². The first-order valence-corrected chi connectivity index (χ1v) is 4.91. The zero-order valence-corrected chi connectivity index (χ0v) is 8.90. The molecule has 0 spiro atoms. The van der Waals surface area contributed by atoms with E-state index < -0.39 is 0 Å². The zero-order chi connectivity index (χ0) is 8.97. The molecule has 0 amide bonds. The lowest BCUT2D eigenvalue weighted by Crippen LogP contribution is -2.00. The molecule has 0 aromatic carbocycles. The summed E-state index contributed by atoms with van der Waals surface area (Å²) in [6.07, 6.45) is 3.63. The van der Waals surface area contributed by atoms with Crippen LogP contribution in [0.4, 0.5) is 0 Å². The van der Waals surface area contributed by atoms with Crippen LogP contribution in [-0.4, -0.2) is 11.5 Å². The predicted molar refractivity (Wildman–Crippen MR) is 54.3 cm³/mol. The molecule has 1 aromatic heterocycles. The summed E-state index contributed by atoms with van der Waals surface area (Å²) in [5.74, 6) is 0. The molecule has 2 nitrogen and oxygen atoms in total. The highest BCUT2D eigenvalue weighted by molar-refractivity contribution is 9.10. The summed E-state index contributed by atoms with van der Waals surface area (Å²) in [7, 11) is 0. The molecule has 0 aliphatic carbocycles. The maximum Gasteiger partial charge on any atom is 0.129 e. The fourth-order valence-electron chi connectivity index (χ4n) is 0.935. The van der Waals surface area contributed by atoms with Crippen LogP contribution in [0.25, 0.3) is 0 Å². The van der Waals surface area contributed by atoms with Gasteiger partial charge >= 0.3 is 0 Å². The third-order valence-electron chi connectivity index (χ3n) is 1.55. The van der Waals surface area contributed by atoms with Gasteiger partial charge in [0.15, 0.2) is 0 Å². The second-order valence-corrected chi connectivity index (χ2v) is 3.73. The first-order chi connectivity index (χ1) is 5.74. The summed E-state index contributed by atoms with van der Waals surface area (Å²) >= 11 is 9.13. The third kappa shape index (κ3) is 2.73. The molecule has 0 aliphatic heterocycles. The third-order valence-corrected chi connectivity index (χ3v) is 2.47. The summed E-state index contributed by atoms with van der Waals surface area (Å²) < 4.78 is 1.00. The normalized spacial score (nSPS) is 10.2. The second-order valence-electron chi connectivity index (χ2n) is 2.49. The Bertz CT molecular complexity index is 265. The van der Waals surface area contributed by atoms with Crippen molar-refractivity contribution in [3.8, 4) is 0 Å². The van der Waals surface area contributed by atoms with E-state index in [9.17, 15) is 0 Å². The Hall–Kier alpha value is -0.120. The van der Waals surface area contributed by atoms with Crippen molar-refractivity contribution < 1.29 is 0 Å². The van der Waals surface area contributed by atoms with E-state index in [-0.39, 0.29) is 0 Å². The number of aryl methyl sites for hydroxylation is 1. The molecule has 0 saturated carbocycles. The van der Waals surface area contributed by atoms with Gasteiger partial charge in [0.1, 0.15) is 5.15 Å². The Morgan fingerprint density at radius 2 is 2.33 bits per heavy atom. The van der Waals surface area contributed by atoms with Gasteiger partial charge in [0, 0.05) is 10.7 Å². The number of aromatic nitrogens is 1. The van der Waals surface area contributed by atoms with E-state index in [0.717, 1.165) is 17.3 Å². The van der Waals surface area contributed by atoms with Crippen LogP contribution in [0.1, 0.15) is 12.0 Å². The molecule has 0 radical (unpaired) electrons. The summed E-state index contributed by atoms with van der Waals surface area (Å²) in [5.41, 5.74) is 6.57. The number of halogens is 2. The maximum absolute atomic E-state index is 5.73. The Kier molecular flexibility index (Phi) is 3.98. The van der Waals surface area contributed by atoms with Crippen molar-refractivity contribution in [3.63, 3.8) is 0 Å². The smallest absolute Gasteiger partial charge is 0.129 e. The van der Waals surface area contributed by atoms with Gasteiger partial charge in [-0.1, -0.05) is 11.6 Å². The number of nitrogens with zero attached hydrogens (tertiary/aromatic N) is 1. The van der Waals surface area contributed by atoms with Crippen LogP contribution in [0.3, 0.4) is 0 Å². The van der Waals surface area contributed by atoms with Crippen molar-refractivity contribution in [2.75, 3.05) is 6.54 Å². The van der Waals surface area contributed by atoms with Crippen molar-refractivity contribution in [1.82, 2.24) is 4.98 Å². The van der Waals surface area contributed by atoms with Crippen molar-refractivity contribution in [1.29, 1.82) is 0 Å². The van der Waals surface area contributed by atoms with Crippen LogP contribution in [0.15, 0.2) is 16.7 Å². The van der Waals surface area contributed by atoms with E-state index in [0.29, 0.717) is 11.7 Å². The van der Waals surface area contributed by atoms with Gasteiger partial charge in [-0.15, -0.1) is 0 Å². The summed E-state index contributed by atoms with van der Waals surface area (Å²) in [5, 5.41) is 0.533. The molecular weight excluding hydrogens is 239 g/mol. The average molecular weight is 250 g/mol. The Labute approximate surface area is 85.3 Å². The molecular formula is C8H10BrClN2. The quantitative estimate of drug-likeness (QED) is 0.836. The highest BCUT2D eigenvalue weighted by Crippen LogP contribution is 2.19. The van der Waals surface area contributed by atoms with E-state index in [4.69, 9.17) is 17.3 Å². The van der Waals surface area contributed by atoms with E-state index >= 15 is 0 Å². The first kappa shape index (κ1) is 9.96. The number of hydrogen-bond acceptors (Lipinski definition) is 2. The zero-order valence-electron chi connectivity index (χ0n) is 6.56. The van der Waals surface area contributed by atoms with E-state index in [1.54, 1.807) is 6.20 Å². The van der Waals surface area contributed by atoms with E-state index in [1.165, 1.54) is 5.56 Å². The minimum Gasteiger partial charge on any atom is -0.330 e. The number of pyridine rings is 1. The van der Waals surface area contributed by atoms with Gasteiger partial charge in [-0.3, -0.25) is 0 Å². The molecule has 0 bridgehead atoms. The largest absolute Gasteiger partial charge is 0.330 e. The highest BCUT2D eigenvalue weighted by atomic mass is 79.9. The molecule has 0 atom stereocenters. The van der Waals surface area contributed by atoms with Gasteiger partial charge in [0.05, 0.1) is 0 Å². The van der Waals surface area contributed by atoms with E-state index in [1.807, 2.05) is 6.07 Å². The van der Waals surface area contributed by atoms with Gasteiger partial charge in [0.2, 0.25) is 0 Å². The highest BCUT2D eigenvalue weighted by Gasteiger charge is 2.00. The van der Waals surface area contributed by atoms with E-state index in [2.05, 4.69) is 20.9 Å². The summed E-state index contributed by atoms with van der Waals surface area (Å²) in [6.45, 7) is 0.701. The lowest BCUT2D eigenvalue weighted by molar-refractivity contribution is 0.828. The lowest BCUT2D eigenvalue weighted by Gasteiger charge is -2.02.